The highest BCUT2D eigenvalue weighted by molar-refractivity contribution is 6.43. The number of fused-ring (bicyclic) bond motifs is 1. The van der Waals surface area contributed by atoms with Gasteiger partial charge in [0.05, 0.1) is 12.1 Å². The Balaban J connectivity index is 1.86. The van der Waals surface area contributed by atoms with Gasteiger partial charge in [0.25, 0.3) is 5.91 Å². The molecule has 11 heteroatoms. The van der Waals surface area contributed by atoms with E-state index in [1.165, 1.54) is 18.6 Å². The van der Waals surface area contributed by atoms with Gasteiger partial charge in [-0.15, -0.1) is 0 Å². The second kappa shape index (κ2) is 13.8. The van der Waals surface area contributed by atoms with Crippen LogP contribution < -0.4 is 16.0 Å². The van der Waals surface area contributed by atoms with E-state index in [-0.39, 0.29) is 24.0 Å². The van der Waals surface area contributed by atoms with Crippen molar-refractivity contribution in [2.75, 3.05) is 0 Å². The predicted octanol–water partition coefficient (Wildman–Crippen LogP) is 1.65. The molecule has 10 nitrogen and oxygen atoms in total. The van der Waals surface area contributed by atoms with Gasteiger partial charge in [-0.1, -0.05) is 70.2 Å². The molecule has 0 saturated heterocycles. The van der Waals surface area contributed by atoms with Crippen molar-refractivity contribution in [3.05, 3.63) is 72.3 Å². The van der Waals surface area contributed by atoms with Gasteiger partial charge in [0.15, 0.2) is 0 Å². The molecule has 0 fully saturated rings. The molecule has 0 aliphatic rings. The number of nitrogens with one attached hydrogen (secondary N) is 3. The molecule has 1 heterocycles. The Hall–Kier alpha value is -3.83. The lowest BCUT2D eigenvalue weighted by Gasteiger charge is -2.27. The number of rotatable bonds is 12. The van der Waals surface area contributed by atoms with Crippen LogP contribution in [0.25, 0.3) is 10.8 Å². The Morgan fingerprint density at radius 2 is 1.56 bits per heavy atom. The smallest absolute Gasteiger partial charge is 0.426 e. The molecule has 3 aromatic rings. The first kappa shape index (κ1) is 29.7. The van der Waals surface area contributed by atoms with E-state index in [9.17, 15) is 24.4 Å². The number of amides is 3. The summed E-state index contributed by atoms with van der Waals surface area (Å²) in [6, 6.07) is 11.6. The predicted molar refractivity (Wildman–Crippen MR) is 149 cm³/mol. The van der Waals surface area contributed by atoms with Crippen LogP contribution in [0.1, 0.15) is 50.2 Å². The van der Waals surface area contributed by atoms with Crippen LogP contribution in [0.3, 0.4) is 0 Å². The number of nitrogens with zero attached hydrogens (tertiary/aromatic N) is 2. The van der Waals surface area contributed by atoms with Gasteiger partial charge in [0.2, 0.25) is 11.8 Å². The van der Waals surface area contributed by atoms with E-state index < -0.39 is 42.9 Å². The van der Waals surface area contributed by atoms with Crippen molar-refractivity contribution in [1.29, 1.82) is 0 Å². The maximum atomic E-state index is 13.5. The Morgan fingerprint density at radius 3 is 2.18 bits per heavy atom. The van der Waals surface area contributed by atoms with E-state index in [4.69, 9.17) is 0 Å². The number of carbonyl (C=O) groups is 3. The number of hydrogen-bond acceptors (Lipinski definition) is 7. The van der Waals surface area contributed by atoms with Gasteiger partial charge in [0.1, 0.15) is 17.8 Å². The topological polar surface area (TPSA) is 154 Å². The second-order valence-electron chi connectivity index (χ2n) is 10.4. The van der Waals surface area contributed by atoms with Crippen molar-refractivity contribution >= 4 is 35.6 Å². The molecular weight excluding hydrogens is 497 g/mol. The molecule has 2 aromatic carbocycles. The standard InChI is InChI=1S/C28H36BN5O5/c1-17(2)13-22(32-28(37)24-16-30-11-12-31-24)26(35)33-23(27(36)34-25(18(3)4)29(38)39)15-19-9-10-20-7-5-6-8-21(20)14-19/h5-12,14,16-18,22-23,25,38-39H,13,15H2,1-4H3,(H,32,37)(H,33,35)(H,34,36)/t22-,23-,25?/m0/s1. The quantitative estimate of drug-likeness (QED) is 0.222. The molecule has 3 amide bonds. The highest BCUT2D eigenvalue weighted by Crippen LogP contribution is 2.17. The molecule has 1 aromatic heterocycles. The van der Waals surface area contributed by atoms with Gasteiger partial charge in [0, 0.05) is 18.8 Å². The van der Waals surface area contributed by atoms with Crippen LogP contribution in [0.15, 0.2) is 61.1 Å². The summed E-state index contributed by atoms with van der Waals surface area (Å²) < 4.78 is 0. The fourth-order valence-electron chi connectivity index (χ4n) is 4.28. The summed E-state index contributed by atoms with van der Waals surface area (Å²) in [5, 5.41) is 29.8. The van der Waals surface area contributed by atoms with Crippen LogP contribution in [0.4, 0.5) is 0 Å². The van der Waals surface area contributed by atoms with Gasteiger partial charge < -0.3 is 26.0 Å². The van der Waals surface area contributed by atoms with E-state index >= 15 is 0 Å². The summed E-state index contributed by atoms with van der Waals surface area (Å²) in [6.45, 7) is 7.35. The summed E-state index contributed by atoms with van der Waals surface area (Å²) in [5.74, 6) is -2.80. The van der Waals surface area contributed by atoms with E-state index in [2.05, 4.69) is 25.9 Å². The van der Waals surface area contributed by atoms with E-state index in [0.29, 0.717) is 6.42 Å². The zero-order chi connectivity index (χ0) is 28.5. The zero-order valence-corrected chi connectivity index (χ0v) is 22.7. The van der Waals surface area contributed by atoms with Crippen LogP contribution in [0, 0.1) is 11.8 Å². The van der Waals surface area contributed by atoms with Gasteiger partial charge >= 0.3 is 7.12 Å². The highest BCUT2D eigenvalue weighted by atomic mass is 16.4. The molecule has 0 spiro atoms. The zero-order valence-electron chi connectivity index (χ0n) is 22.7. The third-order valence-corrected chi connectivity index (χ3v) is 6.36. The van der Waals surface area contributed by atoms with Crippen LogP contribution in [0.2, 0.25) is 0 Å². The maximum absolute atomic E-state index is 13.5. The molecule has 1 unspecified atom stereocenters. The summed E-state index contributed by atoms with van der Waals surface area (Å²) >= 11 is 0. The minimum absolute atomic E-state index is 0.0607. The molecule has 39 heavy (non-hydrogen) atoms. The Kier molecular flexibility index (Phi) is 10.5. The molecule has 3 atom stereocenters. The first-order valence-electron chi connectivity index (χ1n) is 13.1. The molecule has 0 radical (unpaired) electrons. The maximum Gasteiger partial charge on any atom is 0.475 e. The molecule has 0 aliphatic heterocycles. The lowest BCUT2D eigenvalue weighted by atomic mass is 9.73. The second-order valence-corrected chi connectivity index (χ2v) is 10.4. The third kappa shape index (κ3) is 8.59. The molecule has 0 bridgehead atoms. The first-order chi connectivity index (χ1) is 18.5. The molecule has 0 saturated carbocycles. The van der Waals surface area contributed by atoms with Crippen molar-refractivity contribution in [3.63, 3.8) is 0 Å². The lowest BCUT2D eigenvalue weighted by molar-refractivity contribution is -0.130. The SMILES string of the molecule is CC(C)C[C@H](NC(=O)c1cnccn1)C(=O)N[C@@H](Cc1ccc2ccccc2c1)C(=O)NC(B(O)O)C(C)C. The minimum atomic E-state index is -1.77. The average molecular weight is 533 g/mol. The molecular formula is C28H36BN5O5. The molecule has 3 rings (SSSR count). The summed E-state index contributed by atoms with van der Waals surface area (Å²) in [4.78, 5) is 47.5. The normalized spacial score (nSPS) is 13.5. The van der Waals surface area contributed by atoms with Gasteiger partial charge in [-0.3, -0.25) is 19.4 Å². The van der Waals surface area contributed by atoms with Crippen molar-refractivity contribution in [3.8, 4) is 0 Å². The fourth-order valence-corrected chi connectivity index (χ4v) is 4.28. The lowest BCUT2D eigenvalue weighted by Crippen LogP contribution is -2.58. The van der Waals surface area contributed by atoms with Gasteiger partial charge in [-0.2, -0.15) is 0 Å². The average Bonchev–Trinajstić information content (AvgIpc) is 2.90. The molecule has 0 aliphatic carbocycles. The summed E-state index contributed by atoms with van der Waals surface area (Å²) in [6.07, 6.45) is 4.62. The van der Waals surface area contributed by atoms with Crippen LogP contribution >= 0.6 is 0 Å². The van der Waals surface area contributed by atoms with Crippen LogP contribution in [-0.2, 0) is 16.0 Å². The summed E-state index contributed by atoms with van der Waals surface area (Å²) in [5.41, 5.74) is 0.880. The van der Waals surface area contributed by atoms with Crippen molar-refractivity contribution in [2.24, 2.45) is 11.8 Å². The fraction of sp³-hybridized carbons (Fsp3) is 0.393. The largest absolute Gasteiger partial charge is 0.475 e. The Morgan fingerprint density at radius 1 is 0.872 bits per heavy atom. The number of hydrogen-bond donors (Lipinski definition) is 5. The van der Waals surface area contributed by atoms with Crippen molar-refractivity contribution in [1.82, 2.24) is 25.9 Å². The monoisotopic (exact) mass is 533 g/mol. The first-order valence-corrected chi connectivity index (χ1v) is 13.1. The number of aromatic nitrogens is 2. The number of carbonyl (C=O) groups excluding carboxylic acids is 3. The van der Waals surface area contributed by atoms with Crippen molar-refractivity contribution in [2.45, 2.75) is 58.6 Å². The van der Waals surface area contributed by atoms with Crippen molar-refractivity contribution < 1.29 is 24.4 Å². The third-order valence-electron chi connectivity index (χ3n) is 6.36. The summed E-state index contributed by atoms with van der Waals surface area (Å²) in [7, 11) is -1.77. The highest BCUT2D eigenvalue weighted by Gasteiger charge is 2.33. The van der Waals surface area contributed by atoms with E-state index in [0.717, 1.165) is 16.3 Å². The Labute approximate surface area is 228 Å². The Bertz CT molecular complexity index is 1260. The van der Waals surface area contributed by atoms with Gasteiger partial charge in [-0.25, -0.2) is 4.98 Å². The molecule has 5 N–H and O–H groups in total. The van der Waals surface area contributed by atoms with E-state index in [1.54, 1.807) is 13.8 Å². The van der Waals surface area contributed by atoms with Crippen LogP contribution in [-0.4, -0.2) is 62.9 Å². The van der Waals surface area contributed by atoms with Gasteiger partial charge in [-0.05, 0) is 34.6 Å². The number of benzene rings is 2. The minimum Gasteiger partial charge on any atom is -0.426 e. The van der Waals surface area contributed by atoms with Crippen LogP contribution in [0.5, 0.6) is 0 Å². The van der Waals surface area contributed by atoms with E-state index in [1.807, 2.05) is 56.3 Å². The molecule has 206 valence electrons.